The molecular formula is C33H24N4O4. The van der Waals surface area contributed by atoms with E-state index in [1.807, 2.05) is 58.6 Å². The van der Waals surface area contributed by atoms with Gasteiger partial charge in [0.25, 0.3) is 11.8 Å². The van der Waals surface area contributed by atoms with Crippen LogP contribution in [0.3, 0.4) is 0 Å². The van der Waals surface area contributed by atoms with Gasteiger partial charge in [-0.05, 0) is 47.5 Å². The Balaban J connectivity index is 0.970. The Labute approximate surface area is 236 Å². The Hall–Kier alpha value is -5.24. The number of para-hydroxylation sites is 2. The number of ether oxygens (including phenoxy) is 2. The van der Waals surface area contributed by atoms with E-state index in [4.69, 9.17) is 9.47 Å². The summed E-state index contributed by atoms with van der Waals surface area (Å²) >= 11 is 0. The molecule has 8 heteroatoms. The molecule has 2 atom stereocenters. The fourth-order valence-corrected chi connectivity index (χ4v) is 6.12. The Morgan fingerprint density at radius 3 is 1.59 bits per heavy atom. The SMILES string of the molecule is O=C1c2ccc(OCOc3ccc4c(c3)N=C[C@@H]3Cc5ccccc5N3C4=O)cc2N=CC2Cc3ccccc3N12. The van der Waals surface area contributed by atoms with Gasteiger partial charge in [-0.15, -0.1) is 0 Å². The molecular weight excluding hydrogens is 516 g/mol. The van der Waals surface area contributed by atoms with Crippen molar-refractivity contribution < 1.29 is 19.1 Å². The number of aliphatic imine (C=N–C) groups is 2. The smallest absolute Gasteiger partial charge is 0.261 e. The third-order valence-electron chi connectivity index (χ3n) is 8.08. The minimum Gasteiger partial charge on any atom is -0.457 e. The Morgan fingerprint density at radius 2 is 1.10 bits per heavy atom. The van der Waals surface area contributed by atoms with Crippen LogP contribution in [0.2, 0.25) is 0 Å². The van der Waals surface area contributed by atoms with Gasteiger partial charge in [0.15, 0.2) is 0 Å². The summed E-state index contributed by atoms with van der Waals surface area (Å²) in [4.78, 5) is 39.8. The molecule has 0 aliphatic carbocycles. The standard InChI is InChI=1S/C33H24N4O4/c38-32-26-11-9-24(15-28(26)34-17-22-13-20-5-1-3-7-30(20)36(22)32)40-19-41-25-10-12-27-29(16-25)35-18-23-14-21-6-2-4-8-31(21)37(23)33(27)39/h1-12,15-18,22-23H,13-14,19H2/t22-,23?/m0/s1. The van der Waals surface area contributed by atoms with Gasteiger partial charge in [0.1, 0.15) is 11.5 Å². The molecule has 4 aromatic rings. The summed E-state index contributed by atoms with van der Waals surface area (Å²) < 4.78 is 11.7. The first kappa shape index (κ1) is 23.6. The number of rotatable bonds is 4. The molecule has 4 aliphatic heterocycles. The number of hydrogen-bond donors (Lipinski definition) is 0. The lowest BCUT2D eigenvalue weighted by Crippen LogP contribution is -2.37. The van der Waals surface area contributed by atoms with Gasteiger partial charge in [0, 0.05) is 48.8 Å². The number of hydrogen-bond acceptors (Lipinski definition) is 6. The quantitative estimate of drug-likeness (QED) is 0.312. The number of benzene rings is 4. The molecule has 1 unspecified atom stereocenters. The maximum atomic E-state index is 13.4. The van der Waals surface area contributed by atoms with Crippen LogP contribution in [0, 0.1) is 0 Å². The predicted octanol–water partition coefficient (Wildman–Crippen LogP) is 5.68. The first-order valence-electron chi connectivity index (χ1n) is 13.6. The van der Waals surface area contributed by atoms with E-state index in [1.54, 1.807) is 36.4 Å². The molecule has 0 radical (unpaired) electrons. The van der Waals surface area contributed by atoms with Crippen LogP contribution in [0.15, 0.2) is 94.9 Å². The second kappa shape index (κ2) is 9.16. The van der Waals surface area contributed by atoms with Gasteiger partial charge in [-0.2, -0.15) is 0 Å². The number of anilines is 2. The van der Waals surface area contributed by atoms with E-state index in [0.29, 0.717) is 34.0 Å². The van der Waals surface area contributed by atoms with Crippen LogP contribution in [0.4, 0.5) is 22.7 Å². The Morgan fingerprint density at radius 1 is 0.634 bits per heavy atom. The average molecular weight is 541 g/mol. The summed E-state index contributed by atoms with van der Waals surface area (Å²) in [6.07, 6.45) is 5.17. The van der Waals surface area contributed by atoms with E-state index in [1.165, 1.54) is 0 Å². The van der Waals surface area contributed by atoms with Crippen LogP contribution in [-0.4, -0.2) is 43.1 Å². The second-order valence-electron chi connectivity index (χ2n) is 10.5. The highest BCUT2D eigenvalue weighted by atomic mass is 16.7. The van der Waals surface area contributed by atoms with Gasteiger partial charge < -0.3 is 9.47 Å². The van der Waals surface area contributed by atoms with Gasteiger partial charge >= 0.3 is 0 Å². The summed E-state index contributed by atoms with van der Waals surface area (Å²) in [5.74, 6) is 0.940. The van der Waals surface area contributed by atoms with Crippen molar-refractivity contribution in [3.8, 4) is 11.5 Å². The highest BCUT2D eigenvalue weighted by molar-refractivity contribution is 6.15. The molecule has 0 spiro atoms. The largest absolute Gasteiger partial charge is 0.457 e. The molecule has 2 amide bonds. The first-order chi connectivity index (χ1) is 20.1. The Kier molecular flexibility index (Phi) is 5.28. The zero-order valence-corrected chi connectivity index (χ0v) is 21.9. The third-order valence-corrected chi connectivity index (χ3v) is 8.08. The maximum Gasteiger partial charge on any atom is 0.261 e. The molecule has 0 saturated heterocycles. The molecule has 200 valence electrons. The monoisotopic (exact) mass is 540 g/mol. The number of carbonyl (C=O) groups excluding carboxylic acids is 2. The van der Waals surface area contributed by atoms with E-state index < -0.39 is 0 Å². The zero-order valence-electron chi connectivity index (χ0n) is 21.9. The van der Waals surface area contributed by atoms with Gasteiger partial charge in [-0.3, -0.25) is 29.4 Å². The lowest BCUT2D eigenvalue weighted by Gasteiger charge is -2.21. The number of amides is 2. The summed E-state index contributed by atoms with van der Waals surface area (Å²) in [6.45, 7) is -0.0584. The van der Waals surface area contributed by atoms with Gasteiger partial charge in [-0.25, -0.2) is 0 Å². The lowest BCUT2D eigenvalue weighted by molar-refractivity contribution is 0.0979. The van der Waals surface area contributed by atoms with Crippen LogP contribution >= 0.6 is 0 Å². The molecule has 0 saturated carbocycles. The molecule has 41 heavy (non-hydrogen) atoms. The van der Waals surface area contributed by atoms with Crippen molar-refractivity contribution in [1.29, 1.82) is 0 Å². The van der Waals surface area contributed by atoms with Crippen molar-refractivity contribution >= 4 is 47.0 Å². The summed E-state index contributed by atoms with van der Waals surface area (Å²) in [5.41, 5.74) is 6.38. The van der Waals surface area contributed by atoms with E-state index in [2.05, 4.69) is 22.1 Å². The van der Waals surface area contributed by atoms with Gasteiger partial charge in [-0.1, -0.05) is 36.4 Å². The molecule has 0 bridgehead atoms. The van der Waals surface area contributed by atoms with Crippen LogP contribution in [0.5, 0.6) is 11.5 Å². The summed E-state index contributed by atoms with van der Waals surface area (Å²) in [5, 5.41) is 0. The Bertz CT molecular complexity index is 1680. The van der Waals surface area contributed by atoms with Crippen molar-refractivity contribution in [2.45, 2.75) is 24.9 Å². The average Bonchev–Trinajstić information content (AvgIpc) is 3.48. The first-order valence-corrected chi connectivity index (χ1v) is 13.6. The van der Waals surface area contributed by atoms with Crippen molar-refractivity contribution in [3.63, 3.8) is 0 Å². The predicted molar refractivity (Wildman–Crippen MR) is 157 cm³/mol. The van der Waals surface area contributed by atoms with Crippen molar-refractivity contribution in [3.05, 3.63) is 107 Å². The minimum atomic E-state index is -0.103. The van der Waals surface area contributed by atoms with E-state index in [0.717, 1.165) is 35.3 Å². The fraction of sp³-hybridized carbons (Fsp3) is 0.152. The van der Waals surface area contributed by atoms with E-state index in [9.17, 15) is 9.59 Å². The van der Waals surface area contributed by atoms with Crippen LogP contribution < -0.4 is 19.3 Å². The van der Waals surface area contributed by atoms with Crippen molar-refractivity contribution in [2.75, 3.05) is 16.6 Å². The number of carbonyl (C=O) groups is 2. The normalized spacial score (nSPS) is 19.4. The topological polar surface area (TPSA) is 83.8 Å². The maximum absolute atomic E-state index is 13.4. The van der Waals surface area contributed by atoms with Gasteiger partial charge in [0.2, 0.25) is 6.79 Å². The minimum absolute atomic E-state index is 0.0584. The molecule has 4 aliphatic rings. The van der Waals surface area contributed by atoms with Crippen LogP contribution in [0.1, 0.15) is 31.8 Å². The van der Waals surface area contributed by atoms with E-state index in [-0.39, 0.29) is 30.7 Å². The number of fused-ring (bicyclic) bond motifs is 8. The summed E-state index contributed by atoms with van der Waals surface area (Å²) in [6, 6.07) is 26.3. The third kappa shape index (κ3) is 3.82. The molecule has 4 aromatic carbocycles. The molecule has 0 N–H and O–H groups in total. The van der Waals surface area contributed by atoms with Gasteiger partial charge in [0.05, 0.1) is 34.6 Å². The van der Waals surface area contributed by atoms with Crippen LogP contribution in [0.25, 0.3) is 0 Å². The highest BCUT2D eigenvalue weighted by Crippen LogP contribution is 2.39. The van der Waals surface area contributed by atoms with Crippen molar-refractivity contribution in [2.24, 2.45) is 9.98 Å². The second-order valence-corrected chi connectivity index (χ2v) is 10.5. The van der Waals surface area contributed by atoms with Crippen molar-refractivity contribution in [1.82, 2.24) is 0 Å². The zero-order chi connectivity index (χ0) is 27.5. The molecule has 0 fully saturated rings. The van der Waals surface area contributed by atoms with E-state index >= 15 is 0 Å². The molecule has 8 nitrogen and oxygen atoms in total. The molecule has 8 rings (SSSR count). The molecule has 4 heterocycles. The number of nitrogens with zero attached hydrogens (tertiary/aromatic N) is 4. The molecule has 0 aromatic heterocycles. The lowest BCUT2D eigenvalue weighted by atomic mass is 10.1. The summed E-state index contributed by atoms with van der Waals surface area (Å²) in [7, 11) is 0. The highest BCUT2D eigenvalue weighted by Gasteiger charge is 2.37. The fourth-order valence-electron chi connectivity index (χ4n) is 6.12. The van der Waals surface area contributed by atoms with Crippen LogP contribution in [-0.2, 0) is 12.8 Å².